The zero-order valence-electron chi connectivity index (χ0n) is 10.0. The summed E-state index contributed by atoms with van der Waals surface area (Å²) in [6.07, 6.45) is 2.48. The molecule has 1 aliphatic carbocycles. The molecule has 2 heteroatoms. The van der Waals surface area contributed by atoms with Crippen LogP contribution in [0.2, 0.25) is 0 Å². The number of carbonyl (C=O) groups excluding carboxylic acids is 1. The van der Waals surface area contributed by atoms with Crippen LogP contribution < -0.4 is 0 Å². The number of benzene rings is 1. The fraction of sp³-hybridized carbons (Fsp3) is 0.500. The molecule has 1 fully saturated rings. The van der Waals surface area contributed by atoms with Gasteiger partial charge in [-0.1, -0.05) is 30.3 Å². The molecule has 1 unspecified atom stereocenters. The van der Waals surface area contributed by atoms with E-state index in [1.54, 1.807) is 6.92 Å². The SMILES string of the molecule is CC(=O)C(C)N(Cc1ccccc1)C1CC1. The molecular weight excluding hydrogens is 198 g/mol. The van der Waals surface area contributed by atoms with E-state index >= 15 is 0 Å². The average Bonchev–Trinajstić information content (AvgIpc) is 3.10. The molecule has 0 saturated heterocycles. The molecule has 0 heterocycles. The second kappa shape index (κ2) is 4.79. The van der Waals surface area contributed by atoms with Crippen molar-refractivity contribution in [3.05, 3.63) is 35.9 Å². The molecule has 2 rings (SSSR count). The monoisotopic (exact) mass is 217 g/mol. The third kappa shape index (κ3) is 2.70. The molecule has 86 valence electrons. The standard InChI is InChI=1S/C14H19NO/c1-11(12(2)16)15(14-8-9-14)10-13-6-4-3-5-7-13/h3-7,11,14H,8-10H2,1-2H3. The minimum atomic E-state index is 0.0488. The summed E-state index contributed by atoms with van der Waals surface area (Å²) in [6, 6.07) is 11.1. The van der Waals surface area contributed by atoms with Crippen molar-refractivity contribution in [2.45, 2.75) is 45.3 Å². The summed E-state index contributed by atoms with van der Waals surface area (Å²) in [5, 5.41) is 0. The number of carbonyl (C=O) groups is 1. The second-order valence-corrected chi connectivity index (χ2v) is 4.68. The smallest absolute Gasteiger partial charge is 0.146 e. The van der Waals surface area contributed by atoms with E-state index in [4.69, 9.17) is 0 Å². The van der Waals surface area contributed by atoms with E-state index in [0.717, 1.165) is 6.54 Å². The Balaban J connectivity index is 2.06. The van der Waals surface area contributed by atoms with Gasteiger partial charge in [-0.2, -0.15) is 0 Å². The molecule has 2 nitrogen and oxygen atoms in total. The van der Waals surface area contributed by atoms with Crippen LogP contribution >= 0.6 is 0 Å². The Morgan fingerprint density at radius 2 is 2.00 bits per heavy atom. The van der Waals surface area contributed by atoms with Crippen LogP contribution in [0.3, 0.4) is 0 Å². The number of hydrogen-bond donors (Lipinski definition) is 0. The van der Waals surface area contributed by atoms with Crippen LogP contribution in [-0.2, 0) is 11.3 Å². The highest BCUT2D eigenvalue weighted by molar-refractivity contribution is 5.81. The van der Waals surface area contributed by atoms with Gasteiger partial charge >= 0.3 is 0 Å². The summed E-state index contributed by atoms with van der Waals surface area (Å²) < 4.78 is 0. The van der Waals surface area contributed by atoms with Crippen molar-refractivity contribution in [2.24, 2.45) is 0 Å². The fourth-order valence-corrected chi connectivity index (χ4v) is 2.02. The lowest BCUT2D eigenvalue weighted by molar-refractivity contribution is -0.122. The van der Waals surface area contributed by atoms with Gasteiger partial charge in [0.25, 0.3) is 0 Å². The molecule has 0 spiro atoms. The molecule has 0 radical (unpaired) electrons. The molecular formula is C14H19NO. The normalized spacial score (nSPS) is 17.4. The van der Waals surface area contributed by atoms with Gasteiger partial charge in [0, 0.05) is 12.6 Å². The van der Waals surface area contributed by atoms with Gasteiger partial charge in [-0.15, -0.1) is 0 Å². The number of nitrogens with zero attached hydrogens (tertiary/aromatic N) is 1. The molecule has 0 amide bonds. The quantitative estimate of drug-likeness (QED) is 0.755. The molecule has 1 aliphatic rings. The number of rotatable bonds is 5. The highest BCUT2D eigenvalue weighted by Gasteiger charge is 2.33. The summed E-state index contributed by atoms with van der Waals surface area (Å²) in [5.41, 5.74) is 1.29. The largest absolute Gasteiger partial charge is 0.298 e. The van der Waals surface area contributed by atoms with Gasteiger partial charge in [-0.3, -0.25) is 9.69 Å². The minimum absolute atomic E-state index is 0.0488. The highest BCUT2D eigenvalue weighted by atomic mass is 16.1. The second-order valence-electron chi connectivity index (χ2n) is 4.68. The predicted octanol–water partition coefficient (Wildman–Crippen LogP) is 2.63. The van der Waals surface area contributed by atoms with Crippen molar-refractivity contribution in [3.8, 4) is 0 Å². The van der Waals surface area contributed by atoms with Crippen LogP contribution in [0.25, 0.3) is 0 Å². The maximum absolute atomic E-state index is 11.5. The van der Waals surface area contributed by atoms with Gasteiger partial charge in [0.05, 0.1) is 6.04 Å². The van der Waals surface area contributed by atoms with Crippen LogP contribution in [0.1, 0.15) is 32.3 Å². The van der Waals surface area contributed by atoms with Crippen LogP contribution in [-0.4, -0.2) is 22.8 Å². The fourth-order valence-electron chi connectivity index (χ4n) is 2.02. The average molecular weight is 217 g/mol. The predicted molar refractivity (Wildman–Crippen MR) is 65.2 cm³/mol. The first-order valence-corrected chi connectivity index (χ1v) is 5.98. The summed E-state index contributed by atoms with van der Waals surface area (Å²) in [4.78, 5) is 13.8. The molecule has 1 saturated carbocycles. The minimum Gasteiger partial charge on any atom is -0.298 e. The Hall–Kier alpha value is -1.15. The van der Waals surface area contributed by atoms with E-state index in [9.17, 15) is 4.79 Å². The van der Waals surface area contributed by atoms with Gasteiger partial charge in [-0.05, 0) is 32.3 Å². The van der Waals surface area contributed by atoms with Crippen molar-refractivity contribution >= 4 is 5.78 Å². The molecule has 1 atom stereocenters. The summed E-state index contributed by atoms with van der Waals surface area (Å²) in [6.45, 7) is 4.60. The Morgan fingerprint density at radius 1 is 1.38 bits per heavy atom. The Labute approximate surface area is 97.3 Å². The summed E-state index contributed by atoms with van der Waals surface area (Å²) in [5.74, 6) is 0.267. The summed E-state index contributed by atoms with van der Waals surface area (Å²) in [7, 11) is 0. The van der Waals surface area contributed by atoms with E-state index in [0.29, 0.717) is 6.04 Å². The van der Waals surface area contributed by atoms with Crippen LogP contribution in [0.4, 0.5) is 0 Å². The molecule has 0 bridgehead atoms. The first-order chi connectivity index (χ1) is 7.68. The number of Topliss-reactive ketones (excluding diaryl/α,β-unsaturated/α-hetero) is 1. The zero-order valence-corrected chi connectivity index (χ0v) is 10.0. The molecule has 16 heavy (non-hydrogen) atoms. The van der Waals surface area contributed by atoms with Crippen molar-refractivity contribution in [1.82, 2.24) is 4.90 Å². The molecule has 0 aliphatic heterocycles. The zero-order chi connectivity index (χ0) is 11.5. The van der Waals surface area contributed by atoms with Crippen molar-refractivity contribution < 1.29 is 4.79 Å². The van der Waals surface area contributed by atoms with Gasteiger partial charge in [0.2, 0.25) is 0 Å². The van der Waals surface area contributed by atoms with E-state index in [1.807, 2.05) is 13.0 Å². The molecule has 1 aromatic carbocycles. The van der Waals surface area contributed by atoms with Crippen molar-refractivity contribution in [1.29, 1.82) is 0 Å². The van der Waals surface area contributed by atoms with E-state index in [1.165, 1.54) is 18.4 Å². The lowest BCUT2D eigenvalue weighted by Gasteiger charge is -2.27. The third-order valence-corrected chi connectivity index (χ3v) is 3.31. The van der Waals surface area contributed by atoms with Crippen LogP contribution in [0, 0.1) is 0 Å². The van der Waals surface area contributed by atoms with E-state index < -0.39 is 0 Å². The Morgan fingerprint density at radius 3 is 2.50 bits per heavy atom. The van der Waals surface area contributed by atoms with Gasteiger partial charge in [-0.25, -0.2) is 0 Å². The van der Waals surface area contributed by atoms with E-state index in [2.05, 4.69) is 29.2 Å². The van der Waals surface area contributed by atoms with Gasteiger partial charge < -0.3 is 0 Å². The first-order valence-electron chi connectivity index (χ1n) is 5.98. The molecule has 0 N–H and O–H groups in total. The summed E-state index contributed by atoms with van der Waals surface area (Å²) >= 11 is 0. The Bertz CT molecular complexity index is 356. The van der Waals surface area contributed by atoms with Gasteiger partial charge in [0.15, 0.2) is 0 Å². The van der Waals surface area contributed by atoms with Crippen LogP contribution in [0.5, 0.6) is 0 Å². The van der Waals surface area contributed by atoms with Crippen molar-refractivity contribution in [3.63, 3.8) is 0 Å². The Kier molecular flexibility index (Phi) is 3.39. The maximum Gasteiger partial charge on any atom is 0.146 e. The molecule has 0 aromatic heterocycles. The lowest BCUT2D eigenvalue weighted by atomic mass is 10.1. The third-order valence-electron chi connectivity index (χ3n) is 3.31. The van der Waals surface area contributed by atoms with Crippen molar-refractivity contribution in [2.75, 3.05) is 0 Å². The van der Waals surface area contributed by atoms with E-state index in [-0.39, 0.29) is 11.8 Å². The highest BCUT2D eigenvalue weighted by Crippen LogP contribution is 2.30. The number of ketones is 1. The lowest BCUT2D eigenvalue weighted by Crippen LogP contribution is -2.39. The first kappa shape index (κ1) is 11.3. The number of hydrogen-bond acceptors (Lipinski definition) is 2. The topological polar surface area (TPSA) is 20.3 Å². The van der Waals surface area contributed by atoms with Gasteiger partial charge in [0.1, 0.15) is 5.78 Å². The molecule has 1 aromatic rings. The van der Waals surface area contributed by atoms with Crippen LogP contribution in [0.15, 0.2) is 30.3 Å². The maximum atomic E-state index is 11.5.